The van der Waals surface area contributed by atoms with E-state index in [2.05, 4.69) is 21.2 Å². The molecule has 3 N–H and O–H groups in total. The Morgan fingerprint density at radius 2 is 1.58 bits per heavy atom. The lowest BCUT2D eigenvalue weighted by atomic mass is 10.0. The predicted octanol–water partition coefficient (Wildman–Crippen LogP) is 3.36. The smallest absolute Gasteiger partial charge is 0.240 e. The molecule has 2 amide bonds. The molecule has 0 aliphatic rings. The average molecular weight is 411 g/mol. The van der Waals surface area contributed by atoms with Crippen LogP contribution in [0.4, 0.5) is 0 Å². The van der Waals surface area contributed by atoms with Crippen molar-refractivity contribution in [1.82, 2.24) is 5.32 Å². The number of carbonyl (C=O) groups excluding carboxylic acids is 2. The maximum Gasteiger partial charge on any atom is 0.240 e. The number of primary amides is 1. The van der Waals surface area contributed by atoms with Gasteiger partial charge in [0.15, 0.2) is 0 Å². The molecule has 4 nitrogen and oxygen atoms in total. The van der Waals surface area contributed by atoms with E-state index in [0.717, 1.165) is 26.4 Å². The minimum atomic E-state index is -0.732. The van der Waals surface area contributed by atoms with Crippen LogP contribution in [0.15, 0.2) is 71.2 Å². The molecule has 3 rings (SSSR count). The fourth-order valence-electron chi connectivity index (χ4n) is 2.86. The highest BCUT2D eigenvalue weighted by Gasteiger charge is 2.18. The quantitative estimate of drug-likeness (QED) is 0.653. The number of fused-ring (bicyclic) bond motifs is 1. The van der Waals surface area contributed by atoms with Gasteiger partial charge < -0.3 is 11.1 Å². The maximum absolute atomic E-state index is 12.4. The Hall–Kier alpha value is -2.66. The van der Waals surface area contributed by atoms with Crippen molar-refractivity contribution in [2.24, 2.45) is 5.73 Å². The van der Waals surface area contributed by atoms with Gasteiger partial charge in [-0.1, -0.05) is 70.5 Å². The third-order valence-electron chi connectivity index (χ3n) is 4.21. The molecule has 132 valence electrons. The van der Waals surface area contributed by atoms with Gasteiger partial charge in [-0.05, 0) is 34.0 Å². The highest BCUT2D eigenvalue weighted by Crippen LogP contribution is 2.16. The zero-order valence-corrected chi connectivity index (χ0v) is 15.7. The molecule has 0 aromatic heterocycles. The molecule has 0 fully saturated rings. The molecule has 0 saturated heterocycles. The lowest BCUT2D eigenvalue weighted by molar-refractivity contribution is -0.127. The molecular weight excluding hydrogens is 392 g/mol. The topological polar surface area (TPSA) is 72.2 Å². The first-order valence-electron chi connectivity index (χ1n) is 8.32. The van der Waals surface area contributed by atoms with Crippen LogP contribution in [0.2, 0.25) is 0 Å². The zero-order chi connectivity index (χ0) is 18.5. The fourth-order valence-corrected chi connectivity index (χ4v) is 3.12. The normalized spacial score (nSPS) is 11.9. The third kappa shape index (κ3) is 4.70. The summed E-state index contributed by atoms with van der Waals surface area (Å²) in [5.74, 6) is -0.763. The van der Waals surface area contributed by atoms with Crippen molar-refractivity contribution in [3.63, 3.8) is 0 Å². The van der Waals surface area contributed by atoms with Gasteiger partial charge in [-0.15, -0.1) is 0 Å². The zero-order valence-electron chi connectivity index (χ0n) is 14.1. The van der Waals surface area contributed by atoms with E-state index in [1.165, 1.54) is 0 Å². The Labute approximate surface area is 160 Å². The van der Waals surface area contributed by atoms with Crippen molar-refractivity contribution in [2.45, 2.75) is 18.9 Å². The predicted molar refractivity (Wildman–Crippen MR) is 107 cm³/mol. The Kier molecular flexibility index (Phi) is 5.68. The molecule has 0 unspecified atom stereocenters. The molecule has 3 aromatic carbocycles. The summed E-state index contributed by atoms with van der Waals surface area (Å²) in [5, 5.41) is 4.96. The first-order chi connectivity index (χ1) is 12.5. The van der Waals surface area contributed by atoms with E-state index in [4.69, 9.17) is 5.73 Å². The molecule has 0 aliphatic carbocycles. The Morgan fingerprint density at radius 1 is 0.923 bits per heavy atom. The minimum Gasteiger partial charge on any atom is -0.368 e. The van der Waals surface area contributed by atoms with E-state index in [1.54, 1.807) is 0 Å². The van der Waals surface area contributed by atoms with Crippen LogP contribution >= 0.6 is 15.9 Å². The molecule has 0 heterocycles. The molecule has 0 aliphatic heterocycles. The molecule has 0 radical (unpaired) electrons. The summed E-state index contributed by atoms with van der Waals surface area (Å²) in [6, 6.07) is 20.7. The van der Waals surface area contributed by atoms with E-state index in [0.29, 0.717) is 6.42 Å². The number of benzene rings is 3. The highest BCUT2D eigenvalue weighted by atomic mass is 79.9. The maximum atomic E-state index is 12.4. The molecular formula is C21H19BrN2O2. The molecule has 5 heteroatoms. The van der Waals surface area contributed by atoms with Crippen molar-refractivity contribution in [3.05, 3.63) is 82.3 Å². The second-order valence-electron chi connectivity index (χ2n) is 6.21. The summed E-state index contributed by atoms with van der Waals surface area (Å²) < 4.78 is 0.956. The average Bonchev–Trinajstić information content (AvgIpc) is 2.62. The van der Waals surface area contributed by atoms with Crippen molar-refractivity contribution >= 4 is 38.5 Å². The van der Waals surface area contributed by atoms with Crippen molar-refractivity contribution in [3.8, 4) is 0 Å². The number of nitrogens with two attached hydrogens (primary N) is 1. The summed E-state index contributed by atoms with van der Waals surface area (Å²) in [6.45, 7) is 0. The summed E-state index contributed by atoms with van der Waals surface area (Å²) in [5.41, 5.74) is 7.30. The van der Waals surface area contributed by atoms with E-state index in [1.807, 2.05) is 66.7 Å². The van der Waals surface area contributed by atoms with Gasteiger partial charge in [0.25, 0.3) is 0 Å². The lowest BCUT2D eigenvalue weighted by Crippen LogP contribution is -2.46. The van der Waals surface area contributed by atoms with Crippen molar-refractivity contribution in [1.29, 1.82) is 0 Å². The minimum absolute atomic E-state index is 0.203. The number of carbonyl (C=O) groups is 2. The van der Waals surface area contributed by atoms with E-state index in [9.17, 15) is 9.59 Å². The van der Waals surface area contributed by atoms with Crippen molar-refractivity contribution < 1.29 is 9.59 Å². The van der Waals surface area contributed by atoms with Crippen LogP contribution in [0.25, 0.3) is 10.8 Å². The van der Waals surface area contributed by atoms with E-state index >= 15 is 0 Å². The third-order valence-corrected chi connectivity index (χ3v) is 4.74. The van der Waals surface area contributed by atoms with Crippen LogP contribution in [-0.4, -0.2) is 17.9 Å². The van der Waals surface area contributed by atoms with Crippen LogP contribution in [-0.2, 0) is 22.4 Å². The van der Waals surface area contributed by atoms with Crippen LogP contribution in [0, 0.1) is 0 Å². The van der Waals surface area contributed by atoms with Crippen LogP contribution in [0.3, 0.4) is 0 Å². The number of hydrogen-bond donors (Lipinski definition) is 2. The van der Waals surface area contributed by atoms with Gasteiger partial charge in [0.1, 0.15) is 6.04 Å². The fraction of sp³-hybridized carbons (Fsp3) is 0.143. The van der Waals surface area contributed by atoms with E-state index in [-0.39, 0.29) is 12.3 Å². The second kappa shape index (κ2) is 8.15. The van der Waals surface area contributed by atoms with Gasteiger partial charge in [-0.25, -0.2) is 0 Å². The van der Waals surface area contributed by atoms with Crippen LogP contribution < -0.4 is 11.1 Å². The first-order valence-corrected chi connectivity index (χ1v) is 9.11. The molecule has 1 atom stereocenters. The lowest BCUT2D eigenvalue weighted by Gasteiger charge is -2.16. The number of hydrogen-bond acceptors (Lipinski definition) is 2. The number of nitrogens with one attached hydrogen (secondary N) is 1. The first kappa shape index (κ1) is 18.1. The highest BCUT2D eigenvalue weighted by molar-refractivity contribution is 9.10. The summed E-state index contributed by atoms with van der Waals surface area (Å²) in [6.07, 6.45) is 0.570. The monoisotopic (exact) mass is 410 g/mol. The van der Waals surface area contributed by atoms with Crippen LogP contribution in [0.5, 0.6) is 0 Å². The second-order valence-corrected chi connectivity index (χ2v) is 7.13. The standard InChI is InChI=1S/C21H19BrN2O2/c22-18-9-6-14(7-10-18)12-19(21(23)26)24-20(25)13-15-5-8-16-3-1-2-4-17(16)11-15/h1-11,19H,12-13H2,(H2,23,26)(H,24,25)/t19-/m1/s1. The van der Waals surface area contributed by atoms with Gasteiger partial charge in [0.2, 0.25) is 11.8 Å². The van der Waals surface area contributed by atoms with Gasteiger partial charge in [0, 0.05) is 10.9 Å². The van der Waals surface area contributed by atoms with Gasteiger partial charge in [-0.3, -0.25) is 9.59 Å². The molecule has 0 bridgehead atoms. The Bertz CT molecular complexity index is 938. The summed E-state index contributed by atoms with van der Waals surface area (Å²) in [7, 11) is 0. The Balaban J connectivity index is 1.67. The Morgan fingerprint density at radius 3 is 2.27 bits per heavy atom. The summed E-state index contributed by atoms with van der Waals surface area (Å²) >= 11 is 3.37. The van der Waals surface area contributed by atoms with Gasteiger partial charge in [-0.2, -0.15) is 0 Å². The SMILES string of the molecule is NC(=O)[C@@H](Cc1ccc(Br)cc1)NC(=O)Cc1ccc2ccccc2c1. The van der Waals surface area contributed by atoms with E-state index < -0.39 is 11.9 Å². The largest absolute Gasteiger partial charge is 0.368 e. The number of halogens is 1. The number of amides is 2. The van der Waals surface area contributed by atoms with Crippen molar-refractivity contribution in [2.75, 3.05) is 0 Å². The van der Waals surface area contributed by atoms with Gasteiger partial charge in [0.05, 0.1) is 6.42 Å². The van der Waals surface area contributed by atoms with Gasteiger partial charge >= 0.3 is 0 Å². The number of rotatable bonds is 6. The molecule has 3 aromatic rings. The molecule has 0 saturated carbocycles. The molecule has 26 heavy (non-hydrogen) atoms. The van der Waals surface area contributed by atoms with Crippen LogP contribution in [0.1, 0.15) is 11.1 Å². The summed E-state index contributed by atoms with van der Waals surface area (Å²) in [4.78, 5) is 24.1. The molecule has 0 spiro atoms.